The number of amides is 2. The zero-order valence-electron chi connectivity index (χ0n) is 18.3. The number of rotatable bonds is 7. The van der Waals surface area contributed by atoms with E-state index >= 15 is 0 Å². The number of hydrogen-bond acceptors (Lipinski definition) is 8. The summed E-state index contributed by atoms with van der Waals surface area (Å²) in [4.78, 5) is 48.1. The van der Waals surface area contributed by atoms with Crippen molar-refractivity contribution in [1.29, 1.82) is 0 Å². The molecule has 1 unspecified atom stereocenters. The van der Waals surface area contributed by atoms with E-state index in [0.29, 0.717) is 29.0 Å². The third-order valence-corrected chi connectivity index (χ3v) is 7.37. The van der Waals surface area contributed by atoms with Crippen LogP contribution in [0.15, 0.2) is 76.0 Å². The van der Waals surface area contributed by atoms with Gasteiger partial charge in [-0.3, -0.25) is 24.7 Å². The maximum absolute atomic E-state index is 13.3. The number of para-hydroxylation sites is 1. The molecule has 0 spiro atoms. The minimum atomic E-state index is -0.829. The first-order valence-corrected chi connectivity index (χ1v) is 12.6. The first-order valence-electron chi connectivity index (χ1n) is 10.7. The third-order valence-electron chi connectivity index (χ3n) is 5.48. The highest BCUT2D eigenvalue weighted by atomic mass is 32.2. The minimum absolute atomic E-state index is 0.0204. The number of thiophene rings is 1. The van der Waals surface area contributed by atoms with E-state index in [1.165, 1.54) is 28.8 Å². The van der Waals surface area contributed by atoms with Crippen LogP contribution in [0.3, 0.4) is 0 Å². The van der Waals surface area contributed by atoms with Crippen molar-refractivity contribution in [2.75, 3.05) is 0 Å². The number of nitrogens with zero attached hydrogens (tertiary/aromatic N) is 4. The summed E-state index contributed by atoms with van der Waals surface area (Å²) in [5.41, 5.74) is 2.31. The summed E-state index contributed by atoms with van der Waals surface area (Å²) >= 11 is 2.90. The van der Waals surface area contributed by atoms with Gasteiger partial charge in [-0.25, -0.2) is 9.89 Å². The summed E-state index contributed by atoms with van der Waals surface area (Å²) < 4.78 is 0. The molecule has 1 aromatic heterocycles. The molecule has 2 aliphatic heterocycles. The Labute approximate surface area is 208 Å². The summed E-state index contributed by atoms with van der Waals surface area (Å²) in [5.74, 6) is 0.409. The lowest BCUT2D eigenvalue weighted by Crippen LogP contribution is -2.42. The second-order valence-corrected chi connectivity index (χ2v) is 9.80. The van der Waals surface area contributed by atoms with Crippen molar-refractivity contribution in [2.45, 2.75) is 24.8 Å². The molecule has 3 heterocycles. The van der Waals surface area contributed by atoms with Crippen LogP contribution >= 0.6 is 23.1 Å². The lowest BCUT2D eigenvalue weighted by molar-refractivity contribution is -0.384. The van der Waals surface area contributed by atoms with Crippen molar-refractivity contribution >= 4 is 57.3 Å². The Morgan fingerprint density at radius 1 is 1.14 bits per heavy atom. The highest BCUT2D eigenvalue weighted by Gasteiger charge is 2.42. The standard InChI is InChI=1S/C24H19N5O4S2/c30-21(25-13-17-4-3-11-34-17)12-20-23(31)28-22(26-20)18-5-1-2-6-19(18)27-24(28)35-14-15-7-9-16(10-8-15)29(32)33/h1-11,20H,12-14H2,(H,25,30). The van der Waals surface area contributed by atoms with E-state index in [0.717, 1.165) is 16.0 Å². The Morgan fingerprint density at radius 3 is 2.69 bits per heavy atom. The van der Waals surface area contributed by atoms with E-state index in [4.69, 9.17) is 0 Å². The molecule has 0 saturated carbocycles. The number of hydrogen-bond donors (Lipinski definition) is 1. The van der Waals surface area contributed by atoms with Gasteiger partial charge in [-0.05, 0) is 29.1 Å². The van der Waals surface area contributed by atoms with Crippen molar-refractivity contribution in [3.05, 3.63) is 92.2 Å². The van der Waals surface area contributed by atoms with Crippen molar-refractivity contribution in [2.24, 2.45) is 9.98 Å². The van der Waals surface area contributed by atoms with Gasteiger partial charge in [0, 0.05) is 28.3 Å². The van der Waals surface area contributed by atoms with Crippen LogP contribution in [0, 0.1) is 10.1 Å². The first kappa shape index (κ1) is 22.9. The molecule has 176 valence electrons. The lowest BCUT2D eigenvalue weighted by atomic mass is 10.1. The third kappa shape index (κ3) is 4.86. The van der Waals surface area contributed by atoms with Gasteiger partial charge in [0.25, 0.3) is 11.6 Å². The number of thioether (sulfide) groups is 1. The van der Waals surface area contributed by atoms with E-state index in [1.54, 1.807) is 23.5 Å². The molecule has 0 saturated heterocycles. The molecule has 1 atom stereocenters. The zero-order valence-corrected chi connectivity index (χ0v) is 19.9. The lowest BCUT2D eigenvalue weighted by Gasteiger charge is -2.25. The predicted octanol–water partition coefficient (Wildman–Crippen LogP) is 4.25. The smallest absolute Gasteiger partial charge is 0.269 e. The van der Waals surface area contributed by atoms with Crippen LogP contribution in [0.1, 0.15) is 22.4 Å². The van der Waals surface area contributed by atoms with Crippen LogP contribution in [-0.4, -0.2) is 38.7 Å². The highest BCUT2D eigenvalue weighted by Crippen LogP contribution is 2.35. The summed E-state index contributed by atoms with van der Waals surface area (Å²) in [6, 6.07) is 16.7. The van der Waals surface area contributed by atoms with E-state index in [9.17, 15) is 19.7 Å². The van der Waals surface area contributed by atoms with Crippen molar-refractivity contribution in [3.63, 3.8) is 0 Å². The highest BCUT2D eigenvalue weighted by molar-refractivity contribution is 8.13. The Hall–Kier alpha value is -3.83. The van der Waals surface area contributed by atoms with Crippen molar-refractivity contribution in [1.82, 2.24) is 10.2 Å². The molecule has 3 aromatic rings. The van der Waals surface area contributed by atoms with Gasteiger partial charge in [-0.15, -0.1) is 11.3 Å². The number of benzene rings is 2. The van der Waals surface area contributed by atoms with Crippen molar-refractivity contribution in [3.8, 4) is 0 Å². The second-order valence-electron chi connectivity index (χ2n) is 7.83. The number of non-ortho nitro benzene ring substituents is 1. The predicted molar refractivity (Wildman–Crippen MR) is 136 cm³/mol. The quantitative estimate of drug-likeness (QED) is 0.380. The first-order chi connectivity index (χ1) is 17.0. The molecule has 1 N–H and O–H groups in total. The van der Waals surface area contributed by atoms with Crippen LogP contribution in [0.5, 0.6) is 0 Å². The summed E-state index contributed by atoms with van der Waals surface area (Å²) in [6.07, 6.45) is -0.0489. The minimum Gasteiger partial charge on any atom is -0.351 e. The molecule has 0 radical (unpaired) electrons. The van der Waals surface area contributed by atoms with Crippen LogP contribution in [0.25, 0.3) is 0 Å². The molecule has 2 amide bonds. The Kier molecular flexibility index (Phi) is 6.43. The Bertz CT molecular complexity index is 1350. The second kappa shape index (κ2) is 9.80. The monoisotopic (exact) mass is 505 g/mol. The molecule has 0 aliphatic carbocycles. The summed E-state index contributed by atoms with van der Waals surface area (Å²) in [7, 11) is 0. The molecular formula is C24H19N5O4S2. The number of nitro groups is 1. The zero-order chi connectivity index (χ0) is 24.4. The van der Waals surface area contributed by atoms with Gasteiger partial charge in [0.05, 0.1) is 23.6 Å². The fraction of sp³-hybridized carbons (Fsp3) is 0.167. The Morgan fingerprint density at radius 2 is 1.94 bits per heavy atom. The van der Waals surface area contributed by atoms with Gasteiger partial charge in [0.15, 0.2) is 5.17 Å². The number of carbonyl (C=O) groups is 2. The van der Waals surface area contributed by atoms with E-state index < -0.39 is 11.0 Å². The largest absolute Gasteiger partial charge is 0.351 e. The van der Waals surface area contributed by atoms with E-state index in [2.05, 4.69) is 15.3 Å². The van der Waals surface area contributed by atoms with Crippen LogP contribution < -0.4 is 5.32 Å². The Balaban J connectivity index is 1.33. The number of aliphatic imine (C=N–C) groups is 2. The van der Waals surface area contributed by atoms with E-state index in [1.807, 2.05) is 41.8 Å². The van der Waals surface area contributed by atoms with Crippen LogP contribution in [0.4, 0.5) is 11.4 Å². The fourth-order valence-corrected chi connectivity index (χ4v) is 5.34. The SMILES string of the molecule is O=C(CC1N=C2c3ccccc3N=C(SCc3ccc([N+](=O)[O-])cc3)N2C1=O)NCc1cccs1. The molecule has 0 bridgehead atoms. The molecular weight excluding hydrogens is 486 g/mol. The molecule has 35 heavy (non-hydrogen) atoms. The summed E-state index contributed by atoms with van der Waals surface area (Å²) in [6.45, 7) is 0.415. The van der Waals surface area contributed by atoms with Gasteiger partial charge < -0.3 is 5.32 Å². The van der Waals surface area contributed by atoms with Gasteiger partial charge in [-0.1, -0.05) is 42.1 Å². The van der Waals surface area contributed by atoms with Crippen LogP contribution in [-0.2, 0) is 21.9 Å². The number of carbonyl (C=O) groups excluding carboxylic acids is 2. The molecule has 2 aliphatic rings. The fourth-order valence-electron chi connectivity index (χ4n) is 3.74. The molecule has 2 aromatic carbocycles. The topological polar surface area (TPSA) is 117 Å². The number of nitrogens with one attached hydrogen (secondary N) is 1. The average Bonchev–Trinajstić information content (AvgIpc) is 3.50. The van der Waals surface area contributed by atoms with Gasteiger partial charge in [0.1, 0.15) is 11.9 Å². The average molecular weight is 506 g/mol. The molecule has 0 fully saturated rings. The number of nitro benzene ring substituents is 1. The molecule has 5 rings (SSSR count). The van der Waals surface area contributed by atoms with Gasteiger partial charge >= 0.3 is 0 Å². The number of fused-ring (bicyclic) bond motifs is 3. The maximum atomic E-state index is 13.3. The molecule has 11 heteroatoms. The van der Waals surface area contributed by atoms with Gasteiger partial charge in [0.2, 0.25) is 5.91 Å². The van der Waals surface area contributed by atoms with Crippen LogP contribution in [0.2, 0.25) is 0 Å². The van der Waals surface area contributed by atoms with Crippen molar-refractivity contribution < 1.29 is 14.5 Å². The van der Waals surface area contributed by atoms with E-state index in [-0.39, 0.29) is 23.9 Å². The van der Waals surface area contributed by atoms with Gasteiger partial charge in [-0.2, -0.15) is 0 Å². The maximum Gasteiger partial charge on any atom is 0.269 e. The molecule has 9 nitrogen and oxygen atoms in total. The summed E-state index contributed by atoms with van der Waals surface area (Å²) in [5, 5.41) is 16.2. The normalized spacial score (nSPS) is 16.3. The number of amidine groups is 2.